The van der Waals surface area contributed by atoms with Gasteiger partial charge in [-0.05, 0) is 5.56 Å². The van der Waals surface area contributed by atoms with Gasteiger partial charge >= 0.3 is 0 Å². The van der Waals surface area contributed by atoms with Crippen LogP contribution in [0.5, 0.6) is 0 Å². The third-order valence-corrected chi connectivity index (χ3v) is 1.08. The summed E-state index contributed by atoms with van der Waals surface area (Å²) >= 11 is 0. The summed E-state index contributed by atoms with van der Waals surface area (Å²) in [4.78, 5) is 8.36. The van der Waals surface area contributed by atoms with Gasteiger partial charge in [0, 0.05) is 6.54 Å². The molecule has 3 N–H and O–H groups in total. The highest BCUT2D eigenvalue weighted by Crippen LogP contribution is 1.94. The SMILES string of the molecule is NCc1ccccc1.O=[N+]([O-])O. The van der Waals surface area contributed by atoms with Crippen LogP contribution in [0.25, 0.3) is 0 Å². The first-order valence-electron chi connectivity index (χ1n) is 3.24. The van der Waals surface area contributed by atoms with Gasteiger partial charge in [0.05, 0.1) is 0 Å². The van der Waals surface area contributed by atoms with Gasteiger partial charge in [0.25, 0.3) is 5.09 Å². The molecular formula is C7H10N2O3. The van der Waals surface area contributed by atoms with E-state index in [-0.39, 0.29) is 0 Å². The van der Waals surface area contributed by atoms with Crippen molar-refractivity contribution in [2.75, 3.05) is 0 Å². The van der Waals surface area contributed by atoms with Crippen LogP contribution < -0.4 is 5.73 Å². The van der Waals surface area contributed by atoms with E-state index >= 15 is 0 Å². The molecule has 0 saturated carbocycles. The molecule has 0 fully saturated rings. The lowest BCUT2D eigenvalue weighted by Crippen LogP contribution is -1.94. The highest BCUT2D eigenvalue weighted by Gasteiger charge is 1.80. The van der Waals surface area contributed by atoms with E-state index in [1.54, 1.807) is 0 Å². The monoisotopic (exact) mass is 170 g/mol. The molecule has 0 aliphatic rings. The highest BCUT2D eigenvalue weighted by molar-refractivity contribution is 5.13. The minimum atomic E-state index is -1.50. The van der Waals surface area contributed by atoms with Crippen LogP contribution >= 0.6 is 0 Å². The van der Waals surface area contributed by atoms with Crippen molar-refractivity contribution < 1.29 is 10.3 Å². The molecule has 0 aliphatic carbocycles. The van der Waals surface area contributed by atoms with Crippen molar-refractivity contribution in [1.29, 1.82) is 0 Å². The van der Waals surface area contributed by atoms with Crippen molar-refractivity contribution in [3.63, 3.8) is 0 Å². The Bertz CT molecular complexity index is 221. The molecule has 0 aromatic heterocycles. The van der Waals surface area contributed by atoms with Crippen LogP contribution in [0, 0.1) is 10.1 Å². The second-order valence-corrected chi connectivity index (χ2v) is 1.93. The summed E-state index contributed by atoms with van der Waals surface area (Å²) in [6.07, 6.45) is 0. The van der Waals surface area contributed by atoms with Gasteiger partial charge in [0.2, 0.25) is 0 Å². The van der Waals surface area contributed by atoms with Crippen molar-refractivity contribution >= 4 is 0 Å². The van der Waals surface area contributed by atoms with Crippen LogP contribution in [0.1, 0.15) is 5.56 Å². The minimum Gasteiger partial charge on any atom is -0.328 e. The zero-order chi connectivity index (χ0) is 9.40. The van der Waals surface area contributed by atoms with Crippen molar-refractivity contribution in [1.82, 2.24) is 0 Å². The quantitative estimate of drug-likeness (QED) is 0.481. The molecule has 0 radical (unpaired) electrons. The number of nitrogens with zero attached hydrogens (tertiary/aromatic N) is 1. The van der Waals surface area contributed by atoms with E-state index in [4.69, 9.17) is 21.1 Å². The van der Waals surface area contributed by atoms with E-state index in [1.807, 2.05) is 30.3 Å². The first-order chi connectivity index (χ1) is 5.66. The standard InChI is InChI=1S/C7H9N.HNO3/c8-6-7-4-2-1-3-5-7;2-1(3)4/h1-5H,6,8H2;(H,2,3,4). The van der Waals surface area contributed by atoms with Gasteiger partial charge < -0.3 is 10.9 Å². The second-order valence-electron chi connectivity index (χ2n) is 1.93. The van der Waals surface area contributed by atoms with Crippen LogP contribution in [-0.2, 0) is 6.54 Å². The molecule has 5 heteroatoms. The molecule has 1 aromatic rings. The summed E-state index contributed by atoms with van der Waals surface area (Å²) in [7, 11) is 0. The Kier molecular flexibility index (Phi) is 5.29. The fraction of sp³-hybridized carbons (Fsp3) is 0.143. The average Bonchev–Trinajstić information content (AvgIpc) is 2.05. The molecule has 0 spiro atoms. The van der Waals surface area contributed by atoms with E-state index in [0.29, 0.717) is 6.54 Å². The number of hydrogen-bond acceptors (Lipinski definition) is 3. The summed E-state index contributed by atoms with van der Waals surface area (Å²) in [6.45, 7) is 0.640. The van der Waals surface area contributed by atoms with E-state index in [0.717, 1.165) is 0 Å². The van der Waals surface area contributed by atoms with E-state index in [9.17, 15) is 0 Å². The Morgan fingerprint density at radius 1 is 1.42 bits per heavy atom. The number of nitrogens with two attached hydrogens (primary N) is 1. The van der Waals surface area contributed by atoms with Crippen LogP contribution in [0.3, 0.4) is 0 Å². The smallest absolute Gasteiger partial charge is 0.291 e. The molecule has 0 aliphatic heterocycles. The molecule has 0 bridgehead atoms. The van der Waals surface area contributed by atoms with Gasteiger partial charge in [-0.25, -0.2) is 0 Å². The maximum Gasteiger partial charge on any atom is 0.291 e. The Balaban J connectivity index is 0.000000261. The topological polar surface area (TPSA) is 89.4 Å². The molecule has 12 heavy (non-hydrogen) atoms. The third-order valence-electron chi connectivity index (χ3n) is 1.08. The normalized spacial score (nSPS) is 8.08. The summed E-state index contributed by atoms with van der Waals surface area (Å²) in [5.74, 6) is 0. The fourth-order valence-corrected chi connectivity index (χ4v) is 0.614. The van der Waals surface area contributed by atoms with Gasteiger partial charge in [0.1, 0.15) is 0 Å². The lowest BCUT2D eigenvalue weighted by atomic mass is 10.2. The third kappa shape index (κ3) is 6.50. The number of hydrogen-bond donors (Lipinski definition) is 2. The van der Waals surface area contributed by atoms with Crippen molar-refractivity contribution in [3.05, 3.63) is 46.0 Å². The first-order valence-corrected chi connectivity index (χ1v) is 3.24. The van der Waals surface area contributed by atoms with Crippen LogP contribution in [0.2, 0.25) is 0 Å². The molecular weight excluding hydrogens is 160 g/mol. The Labute approximate surface area is 69.5 Å². The van der Waals surface area contributed by atoms with Crippen LogP contribution in [0.4, 0.5) is 0 Å². The average molecular weight is 170 g/mol. The van der Waals surface area contributed by atoms with Crippen molar-refractivity contribution in [2.24, 2.45) is 5.73 Å². The number of rotatable bonds is 1. The Hall–Kier alpha value is -1.62. The second kappa shape index (κ2) is 6.11. The molecule has 0 unspecified atom stereocenters. The lowest BCUT2D eigenvalue weighted by molar-refractivity contribution is -0.742. The van der Waals surface area contributed by atoms with Gasteiger partial charge in [-0.1, -0.05) is 30.3 Å². The molecule has 0 atom stereocenters. The van der Waals surface area contributed by atoms with E-state index in [1.165, 1.54) is 5.56 Å². The molecule has 0 heterocycles. The Morgan fingerprint density at radius 2 is 1.83 bits per heavy atom. The van der Waals surface area contributed by atoms with Gasteiger partial charge in [-0.15, -0.1) is 10.1 Å². The van der Waals surface area contributed by atoms with Gasteiger partial charge in [0.15, 0.2) is 0 Å². The highest BCUT2D eigenvalue weighted by atomic mass is 16.9. The maximum absolute atomic E-state index is 8.36. The first kappa shape index (κ1) is 10.4. The minimum absolute atomic E-state index is 0.640. The lowest BCUT2D eigenvalue weighted by Gasteiger charge is -1.90. The molecule has 0 amide bonds. The van der Waals surface area contributed by atoms with Gasteiger partial charge in [-0.2, -0.15) is 0 Å². The van der Waals surface area contributed by atoms with E-state index < -0.39 is 5.09 Å². The number of benzene rings is 1. The van der Waals surface area contributed by atoms with Crippen molar-refractivity contribution in [3.8, 4) is 0 Å². The summed E-state index contributed by atoms with van der Waals surface area (Å²) in [5, 5.41) is 13.6. The zero-order valence-corrected chi connectivity index (χ0v) is 6.38. The van der Waals surface area contributed by atoms with Crippen LogP contribution in [-0.4, -0.2) is 10.3 Å². The molecule has 1 aromatic carbocycles. The zero-order valence-electron chi connectivity index (χ0n) is 6.38. The van der Waals surface area contributed by atoms with Crippen molar-refractivity contribution in [2.45, 2.75) is 6.54 Å². The predicted molar refractivity (Wildman–Crippen MR) is 43.1 cm³/mol. The fourth-order valence-electron chi connectivity index (χ4n) is 0.614. The van der Waals surface area contributed by atoms with Crippen LogP contribution in [0.15, 0.2) is 30.3 Å². The maximum atomic E-state index is 8.36. The Morgan fingerprint density at radius 3 is 2.08 bits per heavy atom. The molecule has 1 rings (SSSR count). The molecule has 0 saturated heterocycles. The summed E-state index contributed by atoms with van der Waals surface area (Å²) in [6, 6.07) is 9.99. The summed E-state index contributed by atoms with van der Waals surface area (Å²) in [5.41, 5.74) is 6.54. The molecule has 5 nitrogen and oxygen atoms in total. The predicted octanol–water partition coefficient (Wildman–Crippen LogP) is 0.798. The summed E-state index contributed by atoms with van der Waals surface area (Å²) < 4.78 is 0. The van der Waals surface area contributed by atoms with Gasteiger partial charge in [-0.3, -0.25) is 0 Å². The van der Waals surface area contributed by atoms with E-state index in [2.05, 4.69) is 0 Å². The largest absolute Gasteiger partial charge is 0.328 e. The molecule has 66 valence electrons.